The second-order valence-corrected chi connectivity index (χ2v) is 6.78. The Morgan fingerprint density at radius 1 is 1.04 bits per heavy atom. The van der Waals surface area contributed by atoms with Crippen LogP contribution in [0.25, 0.3) is 0 Å². The van der Waals surface area contributed by atoms with Crippen LogP contribution < -0.4 is 5.32 Å². The third-order valence-corrected chi connectivity index (χ3v) is 4.83. The Morgan fingerprint density at radius 3 is 2.38 bits per heavy atom. The van der Waals surface area contributed by atoms with Crippen molar-refractivity contribution in [3.63, 3.8) is 0 Å². The number of benzene rings is 2. The summed E-state index contributed by atoms with van der Waals surface area (Å²) in [6, 6.07) is 13.1. The van der Waals surface area contributed by atoms with Crippen LogP contribution in [0.3, 0.4) is 0 Å². The van der Waals surface area contributed by atoms with Crippen molar-refractivity contribution in [2.24, 2.45) is 0 Å². The summed E-state index contributed by atoms with van der Waals surface area (Å²) in [4.78, 5) is 27.8. The lowest BCUT2D eigenvalue weighted by molar-refractivity contribution is 0.0705. The highest BCUT2D eigenvalue weighted by molar-refractivity contribution is 6.15. The summed E-state index contributed by atoms with van der Waals surface area (Å²) in [5.74, 6) is -0.170. The van der Waals surface area contributed by atoms with Crippen LogP contribution in [0.2, 0.25) is 0 Å². The van der Waals surface area contributed by atoms with Gasteiger partial charge in [-0.25, -0.2) is 0 Å². The van der Waals surface area contributed by atoms with E-state index >= 15 is 0 Å². The van der Waals surface area contributed by atoms with Gasteiger partial charge >= 0.3 is 0 Å². The molecular formula is C21H25ClN2O2. The maximum Gasteiger partial charge on any atom is 0.254 e. The summed E-state index contributed by atoms with van der Waals surface area (Å²) in [5.41, 5.74) is 3.81. The molecule has 138 valence electrons. The lowest BCUT2D eigenvalue weighted by atomic mass is 9.95. The van der Waals surface area contributed by atoms with Gasteiger partial charge in [0, 0.05) is 36.8 Å². The molecule has 2 aromatic carbocycles. The lowest BCUT2D eigenvalue weighted by Gasteiger charge is -2.32. The predicted octanol–water partition coefficient (Wildman–Crippen LogP) is 3.39. The SMILES string of the molecule is Cc1ccc(C(=O)c2ccccc2C(=O)N2CCNC(C)C2)cc1C.Cl. The van der Waals surface area contributed by atoms with Crippen molar-refractivity contribution < 1.29 is 9.59 Å². The number of nitrogens with zero attached hydrogens (tertiary/aromatic N) is 1. The highest BCUT2D eigenvalue weighted by Gasteiger charge is 2.25. The zero-order valence-corrected chi connectivity index (χ0v) is 16.2. The molecule has 1 heterocycles. The maximum absolute atomic E-state index is 13.0. The van der Waals surface area contributed by atoms with Crippen LogP contribution in [-0.4, -0.2) is 42.3 Å². The van der Waals surface area contributed by atoms with E-state index < -0.39 is 0 Å². The summed E-state index contributed by atoms with van der Waals surface area (Å²) in [6.45, 7) is 8.17. The number of piperazine rings is 1. The van der Waals surface area contributed by atoms with Gasteiger partial charge in [-0.1, -0.05) is 30.3 Å². The third-order valence-electron chi connectivity index (χ3n) is 4.83. The Bertz CT molecular complexity index is 819. The molecule has 2 aromatic rings. The molecule has 0 spiro atoms. The lowest BCUT2D eigenvalue weighted by Crippen LogP contribution is -2.51. The van der Waals surface area contributed by atoms with Crippen molar-refractivity contribution in [1.82, 2.24) is 10.2 Å². The molecule has 0 radical (unpaired) electrons. The van der Waals surface area contributed by atoms with Crippen LogP contribution in [0.4, 0.5) is 0 Å². The molecule has 0 aromatic heterocycles. The highest BCUT2D eigenvalue weighted by atomic mass is 35.5. The third kappa shape index (κ3) is 4.14. The number of halogens is 1. The van der Waals surface area contributed by atoms with E-state index in [0.717, 1.165) is 17.7 Å². The van der Waals surface area contributed by atoms with Crippen molar-refractivity contribution in [2.45, 2.75) is 26.8 Å². The Labute approximate surface area is 161 Å². The molecule has 1 atom stereocenters. The smallest absolute Gasteiger partial charge is 0.254 e. The number of ketones is 1. The molecule has 4 nitrogen and oxygen atoms in total. The first kappa shape index (κ1) is 20.1. The number of aryl methyl sites for hydroxylation is 2. The van der Waals surface area contributed by atoms with Gasteiger partial charge in [-0.05, 0) is 44.0 Å². The van der Waals surface area contributed by atoms with Crippen LogP contribution >= 0.6 is 12.4 Å². The molecule has 3 rings (SSSR count). The van der Waals surface area contributed by atoms with E-state index in [0.29, 0.717) is 29.8 Å². The summed E-state index contributed by atoms with van der Waals surface area (Å²) in [7, 11) is 0. The molecule has 1 aliphatic rings. The van der Waals surface area contributed by atoms with E-state index in [-0.39, 0.29) is 30.1 Å². The molecule has 5 heteroatoms. The van der Waals surface area contributed by atoms with E-state index in [9.17, 15) is 9.59 Å². The van der Waals surface area contributed by atoms with E-state index in [2.05, 4.69) is 12.2 Å². The van der Waals surface area contributed by atoms with E-state index in [1.807, 2.05) is 49.1 Å². The second-order valence-electron chi connectivity index (χ2n) is 6.78. The fourth-order valence-electron chi connectivity index (χ4n) is 3.19. The molecular weight excluding hydrogens is 348 g/mol. The van der Waals surface area contributed by atoms with Crippen LogP contribution in [0.5, 0.6) is 0 Å². The fraction of sp³-hybridized carbons (Fsp3) is 0.333. The largest absolute Gasteiger partial charge is 0.336 e. The first-order valence-corrected chi connectivity index (χ1v) is 8.71. The van der Waals surface area contributed by atoms with Crippen LogP contribution in [0.15, 0.2) is 42.5 Å². The number of hydrogen-bond acceptors (Lipinski definition) is 3. The zero-order valence-electron chi connectivity index (χ0n) is 15.4. The van der Waals surface area contributed by atoms with Crippen molar-refractivity contribution in [2.75, 3.05) is 19.6 Å². The van der Waals surface area contributed by atoms with E-state index in [4.69, 9.17) is 0 Å². The van der Waals surface area contributed by atoms with Gasteiger partial charge in [0.2, 0.25) is 0 Å². The molecule has 0 bridgehead atoms. The van der Waals surface area contributed by atoms with Gasteiger partial charge in [0.25, 0.3) is 5.91 Å². The molecule has 1 amide bonds. The van der Waals surface area contributed by atoms with Gasteiger partial charge in [0.05, 0.1) is 5.56 Å². The number of amides is 1. The van der Waals surface area contributed by atoms with Crippen LogP contribution in [0.1, 0.15) is 44.3 Å². The normalized spacial score (nSPS) is 16.7. The summed E-state index contributed by atoms with van der Waals surface area (Å²) in [5, 5.41) is 3.33. The monoisotopic (exact) mass is 372 g/mol. The number of hydrogen-bond donors (Lipinski definition) is 1. The fourth-order valence-corrected chi connectivity index (χ4v) is 3.19. The van der Waals surface area contributed by atoms with Gasteiger partial charge in [-0.15, -0.1) is 12.4 Å². The number of rotatable bonds is 3. The van der Waals surface area contributed by atoms with Crippen molar-refractivity contribution in [3.8, 4) is 0 Å². The van der Waals surface area contributed by atoms with Crippen molar-refractivity contribution >= 4 is 24.1 Å². The van der Waals surface area contributed by atoms with Gasteiger partial charge < -0.3 is 10.2 Å². The molecule has 0 saturated carbocycles. The summed E-state index contributed by atoms with van der Waals surface area (Å²) < 4.78 is 0. The van der Waals surface area contributed by atoms with Gasteiger partial charge in [-0.3, -0.25) is 9.59 Å². The maximum atomic E-state index is 13.0. The quantitative estimate of drug-likeness (QED) is 0.840. The van der Waals surface area contributed by atoms with Gasteiger partial charge in [-0.2, -0.15) is 0 Å². The predicted molar refractivity (Wildman–Crippen MR) is 106 cm³/mol. The van der Waals surface area contributed by atoms with E-state index in [1.54, 1.807) is 12.1 Å². The van der Waals surface area contributed by atoms with Gasteiger partial charge in [0.15, 0.2) is 5.78 Å². The Morgan fingerprint density at radius 2 is 1.73 bits per heavy atom. The van der Waals surface area contributed by atoms with Crippen molar-refractivity contribution in [3.05, 3.63) is 70.3 Å². The van der Waals surface area contributed by atoms with Crippen LogP contribution in [-0.2, 0) is 0 Å². The highest BCUT2D eigenvalue weighted by Crippen LogP contribution is 2.19. The summed E-state index contributed by atoms with van der Waals surface area (Å²) in [6.07, 6.45) is 0. The average molecular weight is 373 g/mol. The van der Waals surface area contributed by atoms with E-state index in [1.165, 1.54) is 0 Å². The van der Waals surface area contributed by atoms with Crippen LogP contribution in [0, 0.1) is 13.8 Å². The number of carbonyl (C=O) groups is 2. The molecule has 1 fully saturated rings. The summed E-state index contributed by atoms with van der Waals surface area (Å²) >= 11 is 0. The Hall–Kier alpha value is -2.17. The number of nitrogens with one attached hydrogen (secondary N) is 1. The average Bonchev–Trinajstić information content (AvgIpc) is 2.63. The minimum Gasteiger partial charge on any atom is -0.336 e. The molecule has 26 heavy (non-hydrogen) atoms. The second kappa shape index (κ2) is 8.47. The van der Waals surface area contributed by atoms with Crippen molar-refractivity contribution in [1.29, 1.82) is 0 Å². The molecule has 1 saturated heterocycles. The topological polar surface area (TPSA) is 49.4 Å². The van der Waals surface area contributed by atoms with Gasteiger partial charge in [0.1, 0.15) is 0 Å². The minimum atomic E-state index is -0.102. The molecule has 1 unspecified atom stereocenters. The number of carbonyl (C=O) groups excluding carboxylic acids is 2. The standard InChI is InChI=1S/C21H24N2O2.ClH/c1-14-8-9-17(12-15(14)2)20(24)18-6-4-5-7-19(18)21(25)23-11-10-22-16(3)13-23;/h4-9,12,16,22H,10-11,13H2,1-3H3;1H. The molecule has 0 aliphatic carbocycles. The Balaban J connectivity index is 0.00000243. The minimum absolute atomic E-state index is 0. The first-order valence-electron chi connectivity index (χ1n) is 8.71. The molecule has 1 N–H and O–H groups in total. The first-order chi connectivity index (χ1) is 12.0. The Kier molecular flexibility index (Phi) is 6.57. The molecule has 1 aliphatic heterocycles. The zero-order chi connectivity index (χ0) is 18.0.